The zero-order chi connectivity index (χ0) is 23.3. The Bertz CT molecular complexity index is 799. The smallest absolute Gasteiger partial charge is 0.251 e. The molecule has 0 saturated carbocycles. The van der Waals surface area contributed by atoms with Crippen molar-refractivity contribution in [1.82, 2.24) is 5.32 Å². The Morgan fingerprint density at radius 2 is 1.62 bits per heavy atom. The first-order valence-electron chi connectivity index (χ1n) is 10.1. The van der Waals surface area contributed by atoms with Crippen molar-refractivity contribution in [2.45, 2.75) is 6.92 Å². The summed E-state index contributed by atoms with van der Waals surface area (Å²) < 4.78 is 20.9. The van der Waals surface area contributed by atoms with Crippen molar-refractivity contribution < 1.29 is 28.5 Å². The Kier molecular flexibility index (Phi) is 12.0. The van der Waals surface area contributed by atoms with Crippen LogP contribution in [-0.4, -0.2) is 84.7 Å². The second-order valence-electron chi connectivity index (χ2n) is 6.91. The standard InChI is InChI=1S/C20H26BCl2N3O6/c1-14-11-26(15-2-3-16(22)17(23)10-15)25-20(14)24-19(28)13-32-9-7-30-5-4-29-6-8-31-12-18(21)27/h2-3,10,14H,4-9,11-13H2,1H3,(H,24,25,28). The molecule has 1 heterocycles. The van der Waals surface area contributed by atoms with Gasteiger partial charge >= 0.3 is 0 Å². The number of hydrogen-bond donors (Lipinski definition) is 1. The maximum absolute atomic E-state index is 12.1. The molecule has 12 heteroatoms. The third-order valence-electron chi connectivity index (χ3n) is 4.20. The van der Waals surface area contributed by atoms with Gasteiger partial charge in [0.25, 0.3) is 5.91 Å². The van der Waals surface area contributed by atoms with Gasteiger partial charge in [0.15, 0.2) is 7.85 Å². The predicted octanol–water partition coefficient (Wildman–Crippen LogP) is 1.64. The quantitative estimate of drug-likeness (QED) is 0.316. The van der Waals surface area contributed by atoms with Crippen LogP contribution in [0.3, 0.4) is 0 Å². The average molecular weight is 486 g/mol. The van der Waals surface area contributed by atoms with E-state index in [1.165, 1.54) is 0 Å². The van der Waals surface area contributed by atoms with E-state index in [1.807, 2.05) is 13.0 Å². The number of amidine groups is 1. The minimum Gasteiger partial charge on any atom is -0.377 e. The molecule has 1 N–H and O–H groups in total. The van der Waals surface area contributed by atoms with Crippen LogP contribution in [0.5, 0.6) is 0 Å². The maximum Gasteiger partial charge on any atom is 0.251 e. The first-order valence-corrected chi connectivity index (χ1v) is 10.8. The molecular weight excluding hydrogens is 460 g/mol. The number of carbonyl (C=O) groups is 2. The van der Waals surface area contributed by atoms with E-state index in [0.717, 1.165) is 5.69 Å². The minimum atomic E-state index is -0.516. The van der Waals surface area contributed by atoms with E-state index in [-0.39, 0.29) is 38.3 Å². The molecule has 0 bridgehead atoms. The largest absolute Gasteiger partial charge is 0.377 e. The Balaban J connectivity index is 1.54. The lowest BCUT2D eigenvalue weighted by Crippen LogP contribution is -2.36. The molecule has 1 aromatic rings. The van der Waals surface area contributed by atoms with Crippen molar-refractivity contribution in [3.05, 3.63) is 28.2 Å². The van der Waals surface area contributed by atoms with Crippen molar-refractivity contribution in [2.24, 2.45) is 11.0 Å². The molecule has 0 fully saturated rings. The number of rotatable bonds is 14. The molecule has 1 aliphatic rings. The third-order valence-corrected chi connectivity index (χ3v) is 4.94. The zero-order valence-electron chi connectivity index (χ0n) is 17.9. The van der Waals surface area contributed by atoms with Crippen LogP contribution < -0.4 is 10.3 Å². The van der Waals surface area contributed by atoms with E-state index >= 15 is 0 Å². The summed E-state index contributed by atoms with van der Waals surface area (Å²) in [5.41, 5.74) is 0.282. The van der Waals surface area contributed by atoms with Crippen molar-refractivity contribution in [2.75, 3.05) is 64.4 Å². The van der Waals surface area contributed by atoms with Gasteiger partial charge in [-0.25, -0.2) is 0 Å². The van der Waals surface area contributed by atoms with Crippen LogP contribution in [0, 0.1) is 5.92 Å². The molecule has 1 aliphatic heterocycles. The van der Waals surface area contributed by atoms with Crippen LogP contribution in [0.4, 0.5) is 5.69 Å². The number of anilines is 1. The molecule has 0 aliphatic carbocycles. The predicted molar refractivity (Wildman–Crippen MR) is 123 cm³/mol. The summed E-state index contributed by atoms with van der Waals surface area (Å²) >= 11 is 12.0. The van der Waals surface area contributed by atoms with Crippen molar-refractivity contribution in [3.8, 4) is 0 Å². The van der Waals surface area contributed by atoms with Gasteiger partial charge in [0.05, 0.1) is 68.5 Å². The molecule has 2 radical (unpaired) electrons. The fourth-order valence-electron chi connectivity index (χ4n) is 2.65. The van der Waals surface area contributed by atoms with Crippen LogP contribution in [-0.2, 0) is 28.5 Å². The van der Waals surface area contributed by atoms with Crippen LogP contribution in [0.25, 0.3) is 0 Å². The number of hydrogen-bond acceptors (Lipinski definition) is 8. The average Bonchev–Trinajstić information content (AvgIpc) is 3.10. The van der Waals surface area contributed by atoms with Gasteiger partial charge in [-0.05, 0) is 18.2 Å². The fourth-order valence-corrected chi connectivity index (χ4v) is 2.94. The number of nitrogens with one attached hydrogen (secondary N) is 1. The van der Waals surface area contributed by atoms with Gasteiger partial charge in [-0.2, -0.15) is 5.10 Å². The highest BCUT2D eigenvalue weighted by Gasteiger charge is 2.25. The number of carbonyl (C=O) groups excluding carboxylic acids is 2. The topological polar surface area (TPSA) is 98.7 Å². The summed E-state index contributed by atoms with van der Waals surface area (Å²) in [6, 6.07) is 5.26. The molecule has 174 valence electrons. The molecule has 1 atom stereocenters. The molecular formula is C20H26BCl2N3O6. The lowest BCUT2D eigenvalue weighted by molar-refractivity contribution is -0.125. The normalized spacial score (nSPS) is 15.7. The first kappa shape index (κ1) is 26.6. The van der Waals surface area contributed by atoms with Crippen LogP contribution in [0.2, 0.25) is 10.0 Å². The van der Waals surface area contributed by atoms with E-state index in [0.29, 0.717) is 48.9 Å². The van der Waals surface area contributed by atoms with Gasteiger partial charge < -0.3 is 29.1 Å². The summed E-state index contributed by atoms with van der Waals surface area (Å²) in [5.74, 6) is 0.321. The van der Waals surface area contributed by atoms with Crippen molar-refractivity contribution in [3.63, 3.8) is 0 Å². The summed E-state index contributed by atoms with van der Waals surface area (Å²) in [6.07, 6.45) is 0. The van der Waals surface area contributed by atoms with Gasteiger partial charge in [-0.1, -0.05) is 30.1 Å². The summed E-state index contributed by atoms with van der Waals surface area (Å²) in [5, 5.41) is 9.92. The summed E-state index contributed by atoms with van der Waals surface area (Å²) in [6.45, 7) is 4.36. The van der Waals surface area contributed by atoms with E-state index in [1.54, 1.807) is 17.1 Å². The number of hydrazone groups is 1. The first-order chi connectivity index (χ1) is 15.4. The molecule has 1 aromatic carbocycles. The van der Waals surface area contributed by atoms with Gasteiger partial charge in [0, 0.05) is 5.92 Å². The van der Waals surface area contributed by atoms with Crippen molar-refractivity contribution in [1.29, 1.82) is 0 Å². The summed E-state index contributed by atoms with van der Waals surface area (Å²) in [7, 11) is 4.94. The van der Waals surface area contributed by atoms with Crippen LogP contribution >= 0.6 is 23.2 Å². The maximum atomic E-state index is 12.1. The number of benzene rings is 1. The SMILES string of the molecule is [B]C(=O)COCCOCCOCCOCC(=O)NC1=NN(c2ccc(Cl)c(Cl)c2)CC1C. The van der Waals surface area contributed by atoms with Crippen molar-refractivity contribution >= 4 is 54.2 Å². The molecule has 0 saturated heterocycles. The molecule has 0 spiro atoms. The number of halogens is 2. The second-order valence-corrected chi connectivity index (χ2v) is 7.73. The molecule has 0 aromatic heterocycles. The Morgan fingerprint density at radius 1 is 1.03 bits per heavy atom. The lowest BCUT2D eigenvalue weighted by atomic mass is 10.1. The summed E-state index contributed by atoms with van der Waals surface area (Å²) in [4.78, 5) is 22.6. The Morgan fingerprint density at radius 3 is 2.22 bits per heavy atom. The van der Waals surface area contributed by atoms with E-state index in [4.69, 9.17) is 50.0 Å². The Labute approximate surface area is 198 Å². The molecule has 1 amide bonds. The third kappa shape index (κ3) is 9.85. The minimum absolute atomic E-state index is 0.0398. The molecule has 1 unspecified atom stereocenters. The monoisotopic (exact) mass is 485 g/mol. The number of amides is 1. The van der Waals surface area contributed by atoms with Gasteiger partial charge in [-0.3, -0.25) is 9.80 Å². The van der Waals surface area contributed by atoms with E-state index < -0.39 is 5.68 Å². The number of ether oxygens (including phenoxy) is 4. The Hall–Kier alpha value is -1.69. The fraction of sp³-hybridized carbons (Fsp3) is 0.550. The van der Waals surface area contributed by atoms with Gasteiger partial charge in [-0.15, -0.1) is 0 Å². The lowest BCUT2D eigenvalue weighted by Gasteiger charge is -2.14. The second kappa shape index (κ2) is 14.5. The number of nitrogens with zero attached hydrogens (tertiary/aromatic N) is 2. The van der Waals surface area contributed by atoms with E-state index in [2.05, 4.69) is 10.4 Å². The highest BCUT2D eigenvalue weighted by molar-refractivity contribution is 6.58. The molecule has 9 nitrogen and oxygen atoms in total. The highest BCUT2D eigenvalue weighted by Crippen LogP contribution is 2.29. The van der Waals surface area contributed by atoms with Crippen LogP contribution in [0.15, 0.2) is 23.3 Å². The molecule has 2 rings (SSSR count). The van der Waals surface area contributed by atoms with Gasteiger partial charge in [0.2, 0.25) is 0 Å². The molecule has 32 heavy (non-hydrogen) atoms. The van der Waals surface area contributed by atoms with E-state index in [9.17, 15) is 9.59 Å². The van der Waals surface area contributed by atoms with Crippen LogP contribution in [0.1, 0.15) is 6.92 Å². The van der Waals surface area contributed by atoms with Gasteiger partial charge in [0.1, 0.15) is 18.1 Å². The highest BCUT2D eigenvalue weighted by atomic mass is 35.5. The zero-order valence-corrected chi connectivity index (χ0v) is 19.4.